The van der Waals surface area contributed by atoms with Crippen LogP contribution in [0.1, 0.15) is 47.9 Å². The number of hydrogen-bond acceptors (Lipinski definition) is 6. The number of ether oxygens (including phenoxy) is 1. The molecule has 2 N–H and O–H groups in total. The number of likely N-dealkylation sites (N-methyl/N-ethyl adjacent to an activating group) is 1. The van der Waals surface area contributed by atoms with Crippen LogP contribution in [-0.2, 0) is 23.1 Å². The molecular formula is C33H38N2O5. The molecule has 3 aromatic rings. The molecule has 1 aliphatic heterocycles. The van der Waals surface area contributed by atoms with Crippen molar-refractivity contribution in [3.8, 4) is 11.5 Å². The van der Waals surface area contributed by atoms with Gasteiger partial charge in [-0.3, -0.25) is 9.69 Å². The Bertz CT molecular complexity index is 1390. The lowest BCUT2D eigenvalue weighted by Crippen LogP contribution is -2.74. The van der Waals surface area contributed by atoms with E-state index in [2.05, 4.69) is 29.2 Å². The molecule has 210 valence electrons. The Balaban J connectivity index is 1.34. The first-order chi connectivity index (χ1) is 19.4. The molecule has 4 atom stereocenters. The van der Waals surface area contributed by atoms with Crippen molar-refractivity contribution in [2.45, 2.75) is 61.6 Å². The third-order valence-corrected chi connectivity index (χ3v) is 9.80. The smallest absolute Gasteiger partial charge is 0.246 e. The van der Waals surface area contributed by atoms with Gasteiger partial charge in [0, 0.05) is 48.3 Å². The maximum atomic E-state index is 13.2. The number of aliphatic hydroxyl groups is 1. The highest BCUT2D eigenvalue weighted by atomic mass is 16.5. The molecule has 2 aliphatic carbocycles. The van der Waals surface area contributed by atoms with Crippen LogP contribution in [0.4, 0.5) is 0 Å². The molecule has 1 aromatic heterocycles. The lowest BCUT2D eigenvalue weighted by molar-refractivity contribution is -0.177. The third-order valence-electron chi connectivity index (χ3n) is 9.80. The summed E-state index contributed by atoms with van der Waals surface area (Å²) in [7, 11) is 3.44. The number of phenolic OH excluding ortho intramolecular Hbond substituents is 1. The van der Waals surface area contributed by atoms with Crippen molar-refractivity contribution in [3.05, 3.63) is 89.4 Å². The van der Waals surface area contributed by atoms with Gasteiger partial charge in [-0.25, -0.2) is 0 Å². The monoisotopic (exact) mass is 542 g/mol. The predicted molar refractivity (Wildman–Crippen MR) is 153 cm³/mol. The summed E-state index contributed by atoms with van der Waals surface area (Å²) in [6.45, 7) is 1.71. The fraction of sp³-hybridized carbons (Fsp3) is 0.424. The second-order valence-corrected chi connectivity index (χ2v) is 11.6. The number of fused-ring (bicyclic) bond motifs is 1. The van der Waals surface area contributed by atoms with Gasteiger partial charge in [0.2, 0.25) is 5.91 Å². The van der Waals surface area contributed by atoms with E-state index in [0.29, 0.717) is 31.4 Å². The number of carbonyl (C=O) groups excluding carboxylic acids is 1. The fourth-order valence-electron chi connectivity index (χ4n) is 7.72. The average Bonchev–Trinajstić information content (AvgIpc) is 3.49. The zero-order valence-corrected chi connectivity index (χ0v) is 23.3. The molecule has 1 saturated heterocycles. The summed E-state index contributed by atoms with van der Waals surface area (Å²) >= 11 is 0. The van der Waals surface area contributed by atoms with E-state index in [1.54, 1.807) is 37.9 Å². The van der Waals surface area contributed by atoms with Crippen molar-refractivity contribution in [2.75, 3.05) is 27.2 Å². The number of piperidine rings is 1. The number of aromatic hydroxyl groups is 1. The molecule has 2 fully saturated rings. The molecule has 7 nitrogen and oxygen atoms in total. The topological polar surface area (TPSA) is 86.4 Å². The number of hydrogen-bond donors (Lipinski definition) is 2. The van der Waals surface area contributed by atoms with Crippen LogP contribution in [0.2, 0.25) is 0 Å². The molecule has 40 heavy (non-hydrogen) atoms. The number of carbonyl (C=O) groups is 1. The van der Waals surface area contributed by atoms with Crippen LogP contribution in [0, 0.1) is 0 Å². The van der Waals surface area contributed by atoms with E-state index in [1.165, 1.54) is 5.56 Å². The standard InChI is InChI=1S/C33H38N2O5/c1-34(29(37)11-8-24-14-19-40-22-24)26-12-15-33(38)28-20-25-9-10-27(36)31(39-2)30(25)32(33,21-26)16-18-35(28)17-13-23-6-4-3-5-7-23/h3-11,14,19,22,26,28,36,38H,12-13,15-18,20-21H2,1-2H3/b11-8+/t26-,28+,32+,33+/m0/s1. The van der Waals surface area contributed by atoms with Crippen LogP contribution in [0.3, 0.4) is 0 Å². The van der Waals surface area contributed by atoms with Crippen LogP contribution >= 0.6 is 0 Å². The van der Waals surface area contributed by atoms with Crippen molar-refractivity contribution in [1.29, 1.82) is 0 Å². The second kappa shape index (κ2) is 10.5. The number of nitrogens with zero attached hydrogens (tertiary/aromatic N) is 2. The minimum absolute atomic E-state index is 0.0466. The van der Waals surface area contributed by atoms with E-state index in [-0.39, 0.29) is 23.7 Å². The summed E-state index contributed by atoms with van der Waals surface area (Å²) in [4.78, 5) is 17.5. The number of methoxy groups -OCH3 is 1. The van der Waals surface area contributed by atoms with Gasteiger partial charge in [0.15, 0.2) is 11.5 Å². The van der Waals surface area contributed by atoms with E-state index in [9.17, 15) is 15.0 Å². The van der Waals surface area contributed by atoms with Crippen molar-refractivity contribution in [3.63, 3.8) is 0 Å². The number of phenols is 1. The Kier molecular flexibility index (Phi) is 6.97. The molecule has 0 radical (unpaired) electrons. The maximum absolute atomic E-state index is 13.2. The van der Waals surface area contributed by atoms with Crippen LogP contribution in [0.5, 0.6) is 11.5 Å². The van der Waals surface area contributed by atoms with E-state index in [4.69, 9.17) is 9.15 Å². The Morgan fingerprint density at radius 1 is 1.20 bits per heavy atom. The van der Waals surface area contributed by atoms with Crippen molar-refractivity contribution >= 4 is 12.0 Å². The summed E-state index contributed by atoms with van der Waals surface area (Å²) < 4.78 is 10.9. The van der Waals surface area contributed by atoms with Gasteiger partial charge in [-0.1, -0.05) is 36.4 Å². The molecule has 7 heteroatoms. The number of furan rings is 1. The van der Waals surface area contributed by atoms with Gasteiger partial charge in [-0.2, -0.15) is 0 Å². The summed E-state index contributed by atoms with van der Waals surface area (Å²) in [6, 6.07) is 15.9. The van der Waals surface area contributed by atoms with E-state index in [1.807, 2.05) is 30.1 Å². The van der Waals surface area contributed by atoms with Gasteiger partial charge in [0.1, 0.15) is 0 Å². The zero-order chi connectivity index (χ0) is 27.9. The Hall–Kier alpha value is -3.55. The van der Waals surface area contributed by atoms with Crippen molar-refractivity contribution in [1.82, 2.24) is 9.80 Å². The summed E-state index contributed by atoms with van der Waals surface area (Å²) in [5, 5.41) is 23.6. The van der Waals surface area contributed by atoms with Crippen molar-refractivity contribution < 1.29 is 24.2 Å². The fourth-order valence-corrected chi connectivity index (χ4v) is 7.72. The molecule has 2 aromatic carbocycles. The minimum atomic E-state index is -0.997. The summed E-state index contributed by atoms with van der Waals surface area (Å²) in [6.07, 6.45) is 10.8. The first kappa shape index (κ1) is 26.7. The highest BCUT2D eigenvalue weighted by Gasteiger charge is 2.66. The van der Waals surface area contributed by atoms with Gasteiger partial charge in [0.05, 0.1) is 25.2 Å². The Morgan fingerprint density at radius 3 is 2.77 bits per heavy atom. The quantitative estimate of drug-likeness (QED) is 0.426. The van der Waals surface area contributed by atoms with Crippen LogP contribution in [-0.4, -0.2) is 70.9 Å². The molecule has 3 aliphatic rings. The van der Waals surface area contributed by atoms with Gasteiger partial charge in [0.25, 0.3) is 0 Å². The number of amides is 1. The molecule has 0 unspecified atom stereocenters. The van der Waals surface area contributed by atoms with E-state index < -0.39 is 11.0 Å². The highest BCUT2D eigenvalue weighted by Crippen LogP contribution is 2.61. The van der Waals surface area contributed by atoms with Crippen LogP contribution < -0.4 is 4.74 Å². The van der Waals surface area contributed by atoms with Crippen molar-refractivity contribution in [2.24, 2.45) is 0 Å². The SMILES string of the molecule is COc1c(O)ccc2c1[C@]13CCN(CCc4ccccc4)[C@H](C2)[C@]1(O)CC[C@H](N(C)C(=O)/C=C/c1ccoc1)C3. The molecule has 1 amide bonds. The summed E-state index contributed by atoms with van der Waals surface area (Å²) in [5.74, 6) is 0.475. The van der Waals surface area contributed by atoms with E-state index >= 15 is 0 Å². The lowest BCUT2D eigenvalue weighted by atomic mass is 9.48. The van der Waals surface area contributed by atoms with Gasteiger partial charge >= 0.3 is 0 Å². The van der Waals surface area contributed by atoms with E-state index in [0.717, 1.165) is 42.6 Å². The lowest BCUT2D eigenvalue weighted by Gasteiger charge is -2.65. The minimum Gasteiger partial charge on any atom is -0.504 e. The normalized spacial score (nSPS) is 27.7. The van der Waals surface area contributed by atoms with Gasteiger partial charge in [-0.05, 0) is 74.4 Å². The third kappa shape index (κ3) is 4.32. The molecule has 2 bridgehead atoms. The van der Waals surface area contributed by atoms with Crippen LogP contribution in [0.15, 0.2) is 71.6 Å². The average molecular weight is 543 g/mol. The Morgan fingerprint density at radius 2 is 2.02 bits per heavy atom. The van der Waals surface area contributed by atoms with Gasteiger partial charge < -0.3 is 24.3 Å². The van der Waals surface area contributed by atoms with Gasteiger partial charge in [-0.15, -0.1) is 0 Å². The molecule has 6 rings (SSSR count). The Labute approximate surface area is 235 Å². The first-order valence-electron chi connectivity index (χ1n) is 14.2. The molecular weight excluding hydrogens is 504 g/mol. The molecule has 2 heterocycles. The second-order valence-electron chi connectivity index (χ2n) is 11.6. The predicted octanol–water partition coefficient (Wildman–Crippen LogP) is 4.56. The van der Waals surface area contributed by atoms with Crippen LogP contribution in [0.25, 0.3) is 6.08 Å². The number of benzene rings is 2. The number of likely N-dealkylation sites (tertiary alicyclic amines) is 1. The number of rotatable bonds is 7. The maximum Gasteiger partial charge on any atom is 0.246 e. The zero-order valence-electron chi connectivity index (χ0n) is 23.3. The molecule has 0 spiro atoms. The summed E-state index contributed by atoms with van der Waals surface area (Å²) in [5.41, 5.74) is 2.54. The highest BCUT2D eigenvalue weighted by molar-refractivity contribution is 5.91. The largest absolute Gasteiger partial charge is 0.504 e. The first-order valence-corrected chi connectivity index (χ1v) is 14.2. The molecule has 1 saturated carbocycles.